The molecule has 0 spiro atoms. The molecule has 0 aromatic heterocycles. The summed E-state index contributed by atoms with van der Waals surface area (Å²) in [5.41, 5.74) is 0. The summed E-state index contributed by atoms with van der Waals surface area (Å²) < 4.78 is 28.7. The summed E-state index contributed by atoms with van der Waals surface area (Å²) in [5.74, 6) is 0.449. The minimum absolute atomic E-state index is 0.142. The predicted molar refractivity (Wildman–Crippen MR) is 71.0 cm³/mol. The van der Waals surface area contributed by atoms with Crippen molar-refractivity contribution in [1.29, 1.82) is 0 Å². The fourth-order valence-electron chi connectivity index (χ4n) is 2.31. The first-order valence-electron chi connectivity index (χ1n) is 6.77. The second kappa shape index (κ2) is 6.71. The Morgan fingerprint density at radius 1 is 1.29 bits per heavy atom. The van der Waals surface area contributed by atoms with Gasteiger partial charge in [0, 0.05) is 19.1 Å². The van der Waals surface area contributed by atoms with Crippen LogP contribution in [-0.2, 0) is 10.2 Å². The zero-order chi connectivity index (χ0) is 12.9. The maximum Gasteiger partial charge on any atom is 0.279 e. The summed E-state index contributed by atoms with van der Waals surface area (Å²) in [6.07, 6.45) is 5.14. The maximum atomic E-state index is 12.1. The van der Waals surface area contributed by atoms with Gasteiger partial charge in [-0.25, -0.2) is 4.72 Å². The zero-order valence-corrected chi connectivity index (χ0v) is 12.1. The molecule has 0 aliphatic carbocycles. The summed E-state index contributed by atoms with van der Waals surface area (Å²) in [6.45, 7) is 7.44. The van der Waals surface area contributed by atoms with E-state index in [0.717, 1.165) is 32.1 Å². The van der Waals surface area contributed by atoms with Gasteiger partial charge in [-0.05, 0) is 25.7 Å². The Kier molecular flexibility index (Phi) is 5.89. The average Bonchev–Trinajstić information content (AvgIpc) is 2.30. The van der Waals surface area contributed by atoms with E-state index in [-0.39, 0.29) is 6.04 Å². The Hall–Kier alpha value is -0.130. The monoisotopic (exact) mass is 262 g/mol. The molecule has 1 unspecified atom stereocenters. The lowest BCUT2D eigenvalue weighted by atomic mass is 10.0. The van der Waals surface area contributed by atoms with E-state index in [2.05, 4.69) is 18.6 Å². The van der Waals surface area contributed by atoms with Gasteiger partial charge < -0.3 is 0 Å². The van der Waals surface area contributed by atoms with E-state index in [4.69, 9.17) is 0 Å². The molecule has 1 atom stereocenters. The van der Waals surface area contributed by atoms with Crippen LogP contribution in [0, 0.1) is 5.92 Å². The third-order valence-electron chi connectivity index (χ3n) is 3.76. The first-order chi connectivity index (χ1) is 8.01. The molecule has 102 valence electrons. The van der Waals surface area contributed by atoms with E-state index in [9.17, 15) is 8.42 Å². The summed E-state index contributed by atoms with van der Waals surface area (Å²) in [7, 11) is -3.26. The molecule has 0 radical (unpaired) electrons. The standard InChI is InChI=1S/C12H26N2O2S/c1-4-12(5-2)10-13-17(15,16)14-9-7-6-8-11(14)3/h11-13H,4-10H2,1-3H3. The van der Waals surface area contributed by atoms with Gasteiger partial charge in [-0.15, -0.1) is 0 Å². The van der Waals surface area contributed by atoms with Crippen molar-refractivity contribution in [3.8, 4) is 0 Å². The van der Waals surface area contributed by atoms with E-state index in [1.165, 1.54) is 0 Å². The van der Waals surface area contributed by atoms with Crippen LogP contribution < -0.4 is 4.72 Å². The van der Waals surface area contributed by atoms with E-state index >= 15 is 0 Å². The van der Waals surface area contributed by atoms with Gasteiger partial charge in [0.15, 0.2) is 0 Å². The highest BCUT2D eigenvalue weighted by Gasteiger charge is 2.29. The number of piperidine rings is 1. The van der Waals surface area contributed by atoms with Crippen molar-refractivity contribution < 1.29 is 8.42 Å². The summed E-state index contributed by atoms with van der Waals surface area (Å²) in [4.78, 5) is 0. The Balaban J connectivity index is 2.55. The molecular weight excluding hydrogens is 236 g/mol. The fraction of sp³-hybridized carbons (Fsp3) is 1.00. The minimum Gasteiger partial charge on any atom is -0.202 e. The minimum atomic E-state index is -3.26. The quantitative estimate of drug-likeness (QED) is 0.797. The van der Waals surface area contributed by atoms with Crippen LogP contribution in [-0.4, -0.2) is 31.9 Å². The van der Waals surface area contributed by atoms with E-state index in [1.54, 1.807) is 4.31 Å². The summed E-state index contributed by atoms with van der Waals surface area (Å²) in [5, 5.41) is 0. The third kappa shape index (κ3) is 4.23. The zero-order valence-electron chi connectivity index (χ0n) is 11.3. The average molecular weight is 262 g/mol. The van der Waals surface area contributed by atoms with Crippen LogP contribution in [0.1, 0.15) is 52.9 Å². The molecule has 1 aliphatic rings. The molecule has 0 saturated carbocycles. The Bertz CT molecular complexity index is 312. The van der Waals surface area contributed by atoms with Crippen molar-refractivity contribution in [2.24, 2.45) is 5.92 Å². The Labute approximate surface area is 106 Å². The molecule has 0 aromatic carbocycles. The van der Waals surface area contributed by atoms with Crippen molar-refractivity contribution in [3.63, 3.8) is 0 Å². The van der Waals surface area contributed by atoms with Crippen LogP contribution >= 0.6 is 0 Å². The van der Waals surface area contributed by atoms with Crippen molar-refractivity contribution in [2.75, 3.05) is 13.1 Å². The highest BCUT2D eigenvalue weighted by atomic mass is 32.2. The van der Waals surface area contributed by atoms with Crippen LogP contribution in [0.5, 0.6) is 0 Å². The van der Waals surface area contributed by atoms with Gasteiger partial charge in [-0.2, -0.15) is 12.7 Å². The Morgan fingerprint density at radius 3 is 2.47 bits per heavy atom. The van der Waals surface area contributed by atoms with Crippen LogP contribution in [0.25, 0.3) is 0 Å². The number of hydrogen-bond acceptors (Lipinski definition) is 2. The normalized spacial score (nSPS) is 23.2. The van der Waals surface area contributed by atoms with Gasteiger partial charge in [0.25, 0.3) is 10.2 Å². The molecule has 1 heterocycles. The van der Waals surface area contributed by atoms with Crippen molar-refractivity contribution >= 4 is 10.2 Å². The predicted octanol–water partition coefficient (Wildman–Crippen LogP) is 2.13. The van der Waals surface area contributed by atoms with Gasteiger partial charge in [-0.3, -0.25) is 0 Å². The lowest BCUT2D eigenvalue weighted by molar-refractivity contribution is 0.264. The topological polar surface area (TPSA) is 49.4 Å². The molecule has 0 amide bonds. The van der Waals surface area contributed by atoms with Crippen LogP contribution in [0.15, 0.2) is 0 Å². The molecular formula is C12H26N2O2S. The van der Waals surface area contributed by atoms with E-state index in [1.807, 2.05) is 6.92 Å². The first kappa shape index (κ1) is 14.9. The van der Waals surface area contributed by atoms with Gasteiger partial charge in [0.1, 0.15) is 0 Å². The SMILES string of the molecule is CCC(CC)CNS(=O)(=O)N1CCCCC1C. The van der Waals surface area contributed by atoms with Crippen molar-refractivity contribution in [3.05, 3.63) is 0 Å². The summed E-state index contributed by atoms with van der Waals surface area (Å²) in [6, 6.07) is 0.142. The molecule has 1 N–H and O–H groups in total. The van der Waals surface area contributed by atoms with Gasteiger partial charge >= 0.3 is 0 Å². The van der Waals surface area contributed by atoms with Crippen LogP contribution in [0.3, 0.4) is 0 Å². The summed E-state index contributed by atoms with van der Waals surface area (Å²) >= 11 is 0. The Morgan fingerprint density at radius 2 is 1.94 bits per heavy atom. The smallest absolute Gasteiger partial charge is 0.202 e. The molecule has 1 saturated heterocycles. The first-order valence-corrected chi connectivity index (χ1v) is 8.21. The highest BCUT2D eigenvalue weighted by Crippen LogP contribution is 2.19. The molecule has 0 aromatic rings. The fourth-order valence-corrected chi connectivity index (χ4v) is 3.87. The molecule has 0 bridgehead atoms. The lowest BCUT2D eigenvalue weighted by Gasteiger charge is -2.32. The maximum absolute atomic E-state index is 12.1. The third-order valence-corrected chi connectivity index (χ3v) is 5.45. The van der Waals surface area contributed by atoms with Crippen LogP contribution in [0.4, 0.5) is 0 Å². The number of nitrogens with one attached hydrogen (secondary N) is 1. The number of hydrogen-bond donors (Lipinski definition) is 1. The second-order valence-corrected chi connectivity index (χ2v) is 6.70. The van der Waals surface area contributed by atoms with E-state index < -0.39 is 10.2 Å². The molecule has 1 rings (SSSR count). The van der Waals surface area contributed by atoms with Gasteiger partial charge in [0.05, 0.1) is 0 Å². The molecule has 1 aliphatic heterocycles. The van der Waals surface area contributed by atoms with Crippen molar-refractivity contribution in [1.82, 2.24) is 9.03 Å². The molecule has 4 nitrogen and oxygen atoms in total. The molecule has 17 heavy (non-hydrogen) atoms. The van der Waals surface area contributed by atoms with Gasteiger partial charge in [0.2, 0.25) is 0 Å². The number of nitrogens with zero attached hydrogens (tertiary/aromatic N) is 1. The largest absolute Gasteiger partial charge is 0.279 e. The lowest BCUT2D eigenvalue weighted by Crippen LogP contribution is -2.48. The molecule has 5 heteroatoms. The van der Waals surface area contributed by atoms with Crippen LogP contribution in [0.2, 0.25) is 0 Å². The van der Waals surface area contributed by atoms with Gasteiger partial charge in [-0.1, -0.05) is 33.1 Å². The van der Waals surface area contributed by atoms with E-state index in [0.29, 0.717) is 19.0 Å². The second-order valence-electron chi connectivity index (χ2n) is 4.99. The molecule has 1 fully saturated rings. The highest BCUT2D eigenvalue weighted by molar-refractivity contribution is 7.87. The van der Waals surface area contributed by atoms with Crippen molar-refractivity contribution in [2.45, 2.75) is 58.9 Å². The number of rotatable bonds is 6.